The minimum Gasteiger partial charge on any atom is -0.341 e. The lowest BCUT2D eigenvalue weighted by Crippen LogP contribution is -2.46. The maximum atomic E-state index is 12.2. The lowest BCUT2D eigenvalue weighted by molar-refractivity contribution is -0.132. The highest BCUT2D eigenvalue weighted by Gasteiger charge is 2.21. The number of hydrogen-bond donors (Lipinski definition) is 1. The van der Waals surface area contributed by atoms with Gasteiger partial charge in [0.05, 0.1) is 0 Å². The molecular formula is C17H27ClN2O. The molecule has 1 aliphatic rings. The molecule has 0 bridgehead atoms. The van der Waals surface area contributed by atoms with E-state index in [1.807, 2.05) is 11.9 Å². The fourth-order valence-electron chi connectivity index (χ4n) is 2.80. The molecule has 1 N–H and O–H groups in total. The first-order valence-electron chi connectivity index (χ1n) is 7.69. The number of carbonyl (C=O) groups excluding carboxylic acids is 1. The van der Waals surface area contributed by atoms with E-state index < -0.39 is 0 Å². The predicted molar refractivity (Wildman–Crippen MR) is 90.0 cm³/mol. The van der Waals surface area contributed by atoms with Crippen molar-refractivity contribution >= 4 is 18.3 Å². The van der Waals surface area contributed by atoms with Gasteiger partial charge in [-0.05, 0) is 45.2 Å². The van der Waals surface area contributed by atoms with Gasteiger partial charge in [0.15, 0.2) is 0 Å². The van der Waals surface area contributed by atoms with Crippen LogP contribution in [-0.4, -0.2) is 37.0 Å². The molecule has 0 radical (unpaired) electrons. The lowest BCUT2D eigenvalue weighted by atomic mass is 10.0. The zero-order chi connectivity index (χ0) is 14.4. The zero-order valence-corrected chi connectivity index (χ0v) is 13.9. The van der Waals surface area contributed by atoms with Gasteiger partial charge < -0.3 is 10.2 Å². The van der Waals surface area contributed by atoms with Crippen molar-refractivity contribution in [1.29, 1.82) is 0 Å². The highest BCUT2D eigenvalue weighted by atomic mass is 35.5. The standard InChI is InChI=1S/C17H26N2O.ClH/c1-14-8-10-15(11-9-14)5-3-7-17(20)19-12-4-6-16(13-19)18-2;/h8-11,16,18H,3-7,12-13H2,1-2H3;1H. The van der Waals surface area contributed by atoms with Gasteiger partial charge in [0.2, 0.25) is 5.91 Å². The van der Waals surface area contributed by atoms with Crippen LogP contribution in [0.2, 0.25) is 0 Å². The molecule has 118 valence electrons. The number of hydrogen-bond acceptors (Lipinski definition) is 2. The molecule has 1 heterocycles. The third-order valence-electron chi connectivity index (χ3n) is 4.16. The Balaban J connectivity index is 0.00000220. The minimum absolute atomic E-state index is 0. The summed E-state index contributed by atoms with van der Waals surface area (Å²) in [7, 11) is 1.98. The summed E-state index contributed by atoms with van der Waals surface area (Å²) < 4.78 is 0. The minimum atomic E-state index is 0. The smallest absolute Gasteiger partial charge is 0.222 e. The highest BCUT2D eigenvalue weighted by molar-refractivity contribution is 5.85. The Morgan fingerprint density at radius 3 is 2.71 bits per heavy atom. The molecule has 1 aromatic rings. The molecule has 1 saturated heterocycles. The first-order chi connectivity index (χ1) is 9.69. The second-order valence-corrected chi connectivity index (χ2v) is 5.81. The predicted octanol–water partition coefficient (Wildman–Crippen LogP) is 2.95. The summed E-state index contributed by atoms with van der Waals surface area (Å²) in [5.41, 5.74) is 2.62. The van der Waals surface area contributed by atoms with Crippen LogP contribution in [0.5, 0.6) is 0 Å². The second-order valence-electron chi connectivity index (χ2n) is 5.81. The van der Waals surface area contributed by atoms with Gasteiger partial charge in [0, 0.05) is 25.6 Å². The molecule has 4 heteroatoms. The molecule has 2 rings (SSSR count). The summed E-state index contributed by atoms with van der Waals surface area (Å²) in [5, 5.41) is 3.28. The molecule has 1 aliphatic heterocycles. The van der Waals surface area contributed by atoms with Crippen molar-refractivity contribution in [2.75, 3.05) is 20.1 Å². The van der Waals surface area contributed by atoms with Gasteiger partial charge in [-0.3, -0.25) is 4.79 Å². The van der Waals surface area contributed by atoms with E-state index in [4.69, 9.17) is 0 Å². The first-order valence-corrected chi connectivity index (χ1v) is 7.69. The van der Waals surface area contributed by atoms with Crippen LogP contribution in [0.25, 0.3) is 0 Å². The van der Waals surface area contributed by atoms with Crippen molar-refractivity contribution in [2.24, 2.45) is 0 Å². The van der Waals surface area contributed by atoms with E-state index in [0.29, 0.717) is 18.4 Å². The van der Waals surface area contributed by atoms with E-state index in [1.165, 1.54) is 17.5 Å². The summed E-state index contributed by atoms with van der Waals surface area (Å²) in [6.45, 7) is 3.91. The Bertz CT molecular complexity index is 433. The van der Waals surface area contributed by atoms with Gasteiger partial charge >= 0.3 is 0 Å². The average Bonchev–Trinajstić information content (AvgIpc) is 2.49. The van der Waals surface area contributed by atoms with Crippen LogP contribution in [0.4, 0.5) is 0 Å². The average molecular weight is 311 g/mol. The number of rotatable bonds is 5. The SMILES string of the molecule is CNC1CCCN(C(=O)CCCc2ccc(C)cc2)C1.Cl. The van der Waals surface area contributed by atoms with E-state index in [0.717, 1.165) is 32.4 Å². The Morgan fingerprint density at radius 2 is 2.05 bits per heavy atom. The summed E-state index contributed by atoms with van der Waals surface area (Å²) in [4.78, 5) is 14.2. The number of piperidine rings is 1. The quantitative estimate of drug-likeness (QED) is 0.907. The number of nitrogens with zero attached hydrogens (tertiary/aromatic N) is 1. The summed E-state index contributed by atoms with van der Waals surface area (Å²) in [6, 6.07) is 9.08. The molecule has 1 aromatic carbocycles. The maximum absolute atomic E-state index is 12.2. The van der Waals surface area contributed by atoms with Gasteiger partial charge in [-0.25, -0.2) is 0 Å². The number of likely N-dealkylation sites (tertiary alicyclic amines) is 1. The number of aryl methyl sites for hydroxylation is 2. The summed E-state index contributed by atoms with van der Waals surface area (Å²) in [5.74, 6) is 0.317. The third-order valence-corrected chi connectivity index (χ3v) is 4.16. The van der Waals surface area contributed by atoms with Gasteiger partial charge in [-0.1, -0.05) is 29.8 Å². The third kappa shape index (κ3) is 5.68. The number of likely N-dealkylation sites (N-methyl/N-ethyl adjacent to an activating group) is 1. The normalized spacial score (nSPS) is 18.2. The van der Waals surface area contributed by atoms with Gasteiger partial charge in [0.25, 0.3) is 0 Å². The maximum Gasteiger partial charge on any atom is 0.222 e. The Labute approximate surface area is 134 Å². The molecular weight excluding hydrogens is 284 g/mol. The molecule has 21 heavy (non-hydrogen) atoms. The van der Waals surface area contributed by atoms with Crippen molar-refractivity contribution in [1.82, 2.24) is 10.2 Å². The first kappa shape index (κ1) is 18.0. The lowest BCUT2D eigenvalue weighted by Gasteiger charge is -2.32. The van der Waals surface area contributed by atoms with Crippen molar-refractivity contribution in [3.05, 3.63) is 35.4 Å². The molecule has 0 saturated carbocycles. The molecule has 1 amide bonds. The Hall–Kier alpha value is -1.06. The molecule has 0 aromatic heterocycles. The molecule has 1 unspecified atom stereocenters. The summed E-state index contributed by atoms with van der Waals surface area (Å²) >= 11 is 0. The number of benzene rings is 1. The van der Waals surface area contributed by atoms with Crippen molar-refractivity contribution in [3.8, 4) is 0 Å². The number of carbonyl (C=O) groups is 1. The fraction of sp³-hybridized carbons (Fsp3) is 0.588. The van der Waals surface area contributed by atoms with Gasteiger partial charge in [-0.15, -0.1) is 12.4 Å². The van der Waals surface area contributed by atoms with E-state index in [9.17, 15) is 4.79 Å². The number of amides is 1. The fourth-order valence-corrected chi connectivity index (χ4v) is 2.80. The molecule has 1 atom stereocenters. The molecule has 0 aliphatic carbocycles. The van der Waals surface area contributed by atoms with Crippen LogP contribution in [-0.2, 0) is 11.2 Å². The Kier molecular flexibility index (Phi) is 7.76. The van der Waals surface area contributed by atoms with Crippen molar-refractivity contribution in [3.63, 3.8) is 0 Å². The topological polar surface area (TPSA) is 32.3 Å². The molecule has 0 spiro atoms. The van der Waals surface area contributed by atoms with E-state index in [-0.39, 0.29) is 12.4 Å². The van der Waals surface area contributed by atoms with E-state index in [2.05, 4.69) is 36.5 Å². The number of nitrogens with one attached hydrogen (secondary N) is 1. The van der Waals surface area contributed by atoms with Crippen molar-refractivity contribution < 1.29 is 4.79 Å². The largest absolute Gasteiger partial charge is 0.341 e. The van der Waals surface area contributed by atoms with Crippen LogP contribution in [0.3, 0.4) is 0 Å². The monoisotopic (exact) mass is 310 g/mol. The summed E-state index contributed by atoms with van der Waals surface area (Å²) in [6.07, 6.45) is 4.92. The Morgan fingerprint density at radius 1 is 1.33 bits per heavy atom. The highest BCUT2D eigenvalue weighted by Crippen LogP contribution is 2.13. The second kappa shape index (κ2) is 9.06. The van der Waals surface area contributed by atoms with Crippen molar-refractivity contribution in [2.45, 2.75) is 45.1 Å². The zero-order valence-electron chi connectivity index (χ0n) is 13.1. The number of halogens is 1. The van der Waals surface area contributed by atoms with Crippen LogP contribution in [0.1, 0.15) is 36.8 Å². The molecule has 1 fully saturated rings. The van der Waals surface area contributed by atoms with E-state index >= 15 is 0 Å². The van der Waals surface area contributed by atoms with Crippen LogP contribution >= 0.6 is 12.4 Å². The van der Waals surface area contributed by atoms with Crippen LogP contribution in [0, 0.1) is 6.92 Å². The van der Waals surface area contributed by atoms with Crippen LogP contribution < -0.4 is 5.32 Å². The van der Waals surface area contributed by atoms with Gasteiger partial charge in [0.1, 0.15) is 0 Å². The van der Waals surface area contributed by atoms with Gasteiger partial charge in [-0.2, -0.15) is 0 Å². The van der Waals surface area contributed by atoms with E-state index in [1.54, 1.807) is 0 Å². The van der Waals surface area contributed by atoms with Crippen LogP contribution in [0.15, 0.2) is 24.3 Å². The molecule has 3 nitrogen and oxygen atoms in total.